The topological polar surface area (TPSA) is 30.7 Å². The third-order valence-electron chi connectivity index (χ3n) is 1.40. The molecule has 0 aromatic carbocycles. The number of aryl methyl sites for hydroxylation is 2. The number of hydrogen-bond donors (Lipinski definition) is 0. The highest BCUT2D eigenvalue weighted by atomic mass is 15.4. The van der Waals surface area contributed by atoms with Crippen LogP contribution in [0.25, 0.3) is 0 Å². The lowest BCUT2D eigenvalue weighted by Gasteiger charge is -1.88. The Hall–Kier alpha value is -1.30. The SMILES string of the molecule is C#CCCCc1cn(C)nn1. The molecule has 58 valence electrons. The molecule has 0 aliphatic rings. The summed E-state index contributed by atoms with van der Waals surface area (Å²) in [6.45, 7) is 0. The summed E-state index contributed by atoms with van der Waals surface area (Å²) in [6, 6.07) is 0. The van der Waals surface area contributed by atoms with Crippen molar-refractivity contribution in [2.75, 3.05) is 0 Å². The van der Waals surface area contributed by atoms with Gasteiger partial charge >= 0.3 is 0 Å². The van der Waals surface area contributed by atoms with Crippen LogP contribution < -0.4 is 0 Å². The highest BCUT2D eigenvalue weighted by Crippen LogP contribution is 1.98. The van der Waals surface area contributed by atoms with Crippen molar-refractivity contribution in [1.29, 1.82) is 0 Å². The maximum atomic E-state index is 5.11. The molecule has 3 nitrogen and oxygen atoms in total. The predicted octanol–water partition coefficient (Wildman–Crippen LogP) is 0.771. The average Bonchev–Trinajstić information content (AvgIpc) is 2.37. The third-order valence-corrected chi connectivity index (χ3v) is 1.40. The van der Waals surface area contributed by atoms with E-state index in [4.69, 9.17) is 6.42 Å². The summed E-state index contributed by atoms with van der Waals surface area (Å²) in [5.74, 6) is 2.59. The maximum Gasteiger partial charge on any atom is 0.0827 e. The lowest BCUT2D eigenvalue weighted by atomic mass is 10.2. The highest BCUT2D eigenvalue weighted by molar-refractivity contribution is 4.93. The molecule has 0 spiro atoms. The second-order valence-corrected chi connectivity index (χ2v) is 2.44. The Bertz CT molecular complexity index is 257. The van der Waals surface area contributed by atoms with Crippen LogP contribution >= 0.6 is 0 Å². The average molecular weight is 149 g/mol. The van der Waals surface area contributed by atoms with E-state index >= 15 is 0 Å². The van der Waals surface area contributed by atoms with Crippen molar-refractivity contribution in [2.24, 2.45) is 7.05 Å². The third kappa shape index (κ3) is 2.42. The lowest BCUT2D eigenvalue weighted by Crippen LogP contribution is -1.85. The van der Waals surface area contributed by atoms with E-state index in [2.05, 4.69) is 16.2 Å². The molecule has 0 fully saturated rings. The van der Waals surface area contributed by atoms with Crippen LogP contribution in [0.2, 0.25) is 0 Å². The van der Waals surface area contributed by atoms with Gasteiger partial charge in [-0.2, -0.15) is 0 Å². The summed E-state index contributed by atoms with van der Waals surface area (Å²) in [4.78, 5) is 0. The van der Waals surface area contributed by atoms with Crippen LogP contribution in [0.3, 0.4) is 0 Å². The highest BCUT2D eigenvalue weighted by Gasteiger charge is 1.95. The van der Waals surface area contributed by atoms with Gasteiger partial charge in [0.2, 0.25) is 0 Å². The molecule has 11 heavy (non-hydrogen) atoms. The van der Waals surface area contributed by atoms with Crippen molar-refractivity contribution >= 4 is 0 Å². The lowest BCUT2D eigenvalue weighted by molar-refractivity contribution is 0.712. The van der Waals surface area contributed by atoms with Gasteiger partial charge in [-0.15, -0.1) is 17.4 Å². The van der Waals surface area contributed by atoms with Crippen molar-refractivity contribution in [3.05, 3.63) is 11.9 Å². The second kappa shape index (κ2) is 3.77. The molecule has 0 N–H and O–H groups in total. The Balaban J connectivity index is 2.34. The van der Waals surface area contributed by atoms with Crippen LogP contribution in [-0.2, 0) is 13.5 Å². The van der Waals surface area contributed by atoms with Crippen molar-refractivity contribution in [3.8, 4) is 12.3 Å². The molecule has 0 aliphatic heterocycles. The van der Waals surface area contributed by atoms with Gasteiger partial charge in [0.1, 0.15) is 0 Å². The molecule has 0 bridgehead atoms. The van der Waals surface area contributed by atoms with E-state index in [9.17, 15) is 0 Å². The first-order valence-corrected chi connectivity index (χ1v) is 3.61. The zero-order valence-electron chi connectivity index (χ0n) is 6.62. The summed E-state index contributed by atoms with van der Waals surface area (Å²) >= 11 is 0. The molecule has 0 aliphatic carbocycles. The van der Waals surface area contributed by atoms with Gasteiger partial charge in [-0.3, -0.25) is 4.68 Å². The van der Waals surface area contributed by atoms with E-state index < -0.39 is 0 Å². The zero-order chi connectivity index (χ0) is 8.10. The molecule has 0 saturated heterocycles. The molecular weight excluding hydrogens is 138 g/mol. The molecular formula is C8H11N3. The van der Waals surface area contributed by atoms with Crippen LogP contribution in [0, 0.1) is 12.3 Å². The Labute approximate surface area is 66.4 Å². The van der Waals surface area contributed by atoms with Crippen LogP contribution in [0.1, 0.15) is 18.5 Å². The van der Waals surface area contributed by atoms with Crippen molar-refractivity contribution < 1.29 is 0 Å². The van der Waals surface area contributed by atoms with E-state index in [1.165, 1.54) is 0 Å². The molecule has 1 heterocycles. The van der Waals surface area contributed by atoms with Crippen molar-refractivity contribution in [3.63, 3.8) is 0 Å². The smallest absolute Gasteiger partial charge is 0.0827 e. The van der Waals surface area contributed by atoms with Crippen molar-refractivity contribution in [1.82, 2.24) is 15.0 Å². The summed E-state index contributed by atoms with van der Waals surface area (Å²) < 4.78 is 1.70. The Morgan fingerprint density at radius 1 is 1.73 bits per heavy atom. The predicted molar refractivity (Wildman–Crippen MR) is 42.8 cm³/mol. The van der Waals surface area contributed by atoms with E-state index in [0.717, 1.165) is 25.0 Å². The molecule has 1 rings (SSSR count). The van der Waals surface area contributed by atoms with Gasteiger partial charge in [0.05, 0.1) is 5.69 Å². The minimum atomic E-state index is 0.816. The standard InChI is InChI=1S/C8H11N3/c1-3-4-5-6-8-7-11(2)10-9-8/h1,7H,4-6H2,2H3. The van der Waals surface area contributed by atoms with E-state index in [1.54, 1.807) is 4.68 Å². The number of nitrogens with zero attached hydrogens (tertiary/aromatic N) is 3. The minimum Gasteiger partial charge on any atom is -0.255 e. The summed E-state index contributed by atoms with van der Waals surface area (Å²) in [5.41, 5.74) is 1.02. The van der Waals surface area contributed by atoms with E-state index in [-0.39, 0.29) is 0 Å². The first-order valence-electron chi connectivity index (χ1n) is 3.61. The number of rotatable bonds is 3. The van der Waals surface area contributed by atoms with Gasteiger partial charge in [0, 0.05) is 19.7 Å². The van der Waals surface area contributed by atoms with Gasteiger partial charge in [-0.1, -0.05) is 5.21 Å². The first kappa shape index (κ1) is 7.80. The number of hydrogen-bond acceptors (Lipinski definition) is 2. The monoisotopic (exact) mass is 149 g/mol. The number of aromatic nitrogens is 3. The van der Waals surface area contributed by atoms with Gasteiger partial charge < -0.3 is 0 Å². The molecule has 0 atom stereocenters. The Morgan fingerprint density at radius 2 is 2.55 bits per heavy atom. The van der Waals surface area contributed by atoms with Crippen LogP contribution in [0.4, 0.5) is 0 Å². The fourth-order valence-corrected chi connectivity index (χ4v) is 0.881. The molecule has 0 unspecified atom stereocenters. The van der Waals surface area contributed by atoms with Crippen LogP contribution in [-0.4, -0.2) is 15.0 Å². The molecule has 0 radical (unpaired) electrons. The molecule has 1 aromatic rings. The molecule has 3 heteroatoms. The molecule has 1 aromatic heterocycles. The van der Waals surface area contributed by atoms with Crippen LogP contribution in [0.5, 0.6) is 0 Å². The summed E-state index contributed by atoms with van der Waals surface area (Å²) in [5, 5.41) is 7.74. The number of unbranched alkanes of at least 4 members (excludes halogenated alkanes) is 1. The molecule has 0 saturated carbocycles. The molecule has 0 amide bonds. The van der Waals surface area contributed by atoms with Gasteiger partial charge in [0.25, 0.3) is 0 Å². The van der Waals surface area contributed by atoms with Gasteiger partial charge in [-0.25, -0.2) is 0 Å². The maximum absolute atomic E-state index is 5.11. The van der Waals surface area contributed by atoms with Crippen molar-refractivity contribution in [2.45, 2.75) is 19.3 Å². The quantitative estimate of drug-likeness (QED) is 0.469. The summed E-state index contributed by atoms with van der Waals surface area (Å²) in [7, 11) is 1.86. The Morgan fingerprint density at radius 3 is 3.09 bits per heavy atom. The van der Waals surface area contributed by atoms with E-state index in [1.807, 2.05) is 13.2 Å². The fourth-order valence-electron chi connectivity index (χ4n) is 0.881. The largest absolute Gasteiger partial charge is 0.255 e. The normalized spacial score (nSPS) is 9.45. The summed E-state index contributed by atoms with van der Waals surface area (Å²) in [6.07, 6.45) is 9.76. The van der Waals surface area contributed by atoms with Gasteiger partial charge in [-0.05, 0) is 12.8 Å². The second-order valence-electron chi connectivity index (χ2n) is 2.44. The first-order chi connectivity index (χ1) is 5.33. The van der Waals surface area contributed by atoms with Crippen LogP contribution in [0.15, 0.2) is 6.20 Å². The zero-order valence-corrected chi connectivity index (χ0v) is 6.62. The number of terminal acetylenes is 1. The van der Waals surface area contributed by atoms with E-state index in [0.29, 0.717) is 0 Å². The van der Waals surface area contributed by atoms with Gasteiger partial charge in [0.15, 0.2) is 0 Å². The fraction of sp³-hybridized carbons (Fsp3) is 0.500. The Kier molecular flexibility index (Phi) is 2.67. The minimum absolute atomic E-state index is 0.816.